The number of hydrogen-bond donors (Lipinski definition) is 3. The Bertz CT molecular complexity index is 440. The lowest BCUT2D eigenvalue weighted by Crippen LogP contribution is -2.39. The van der Waals surface area contributed by atoms with Gasteiger partial charge in [0, 0.05) is 28.3 Å². The Balaban J connectivity index is 1.92. The van der Waals surface area contributed by atoms with Crippen LogP contribution in [0.25, 0.3) is 0 Å². The quantitative estimate of drug-likeness (QED) is 0.499. The largest absolute Gasteiger partial charge is 0.348 e. The second-order valence-electron chi connectivity index (χ2n) is 4.04. The Morgan fingerprint density at radius 1 is 1.33 bits per heavy atom. The number of anilines is 1. The average Bonchev–Trinajstić information content (AvgIpc) is 2.41. The topological polar surface area (TPSA) is 110 Å². The second-order valence-corrected chi connectivity index (χ2v) is 5.74. The third-order valence-electron chi connectivity index (χ3n) is 2.77. The van der Waals surface area contributed by atoms with Crippen LogP contribution in [0, 0.1) is 0 Å². The number of aromatic nitrogens is 2. The van der Waals surface area contributed by atoms with Crippen LogP contribution in [0.5, 0.6) is 0 Å². The number of nitrogens with zero attached hydrogens (tertiary/aromatic N) is 2. The van der Waals surface area contributed by atoms with Gasteiger partial charge in [-0.15, -0.1) is 10.2 Å². The molecule has 1 saturated heterocycles. The van der Waals surface area contributed by atoms with Crippen LogP contribution in [-0.4, -0.2) is 37.9 Å². The van der Waals surface area contributed by atoms with Crippen LogP contribution < -0.4 is 16.6 Å². The molecule has 1 aromatic rings. The Hall–Kier alpha value is -1.54. The molecule has 1 amide bonds. The van der Waals surface area contributed by atoms with E-state index in [0.29, 0.717) is 17.3 Å². The molecule has 1 aliphatic rings. The maximum absolute atomic E-state index is 11.9. The first-order valence-electron chi connectivity index (χ1n) is 5.65. The minimum Gasteiger partial charge on any atom is -0.348 e. The van der Waals surface area contributed by atoms with Crippen LogP contribution in [0.2, 0.25) is 0 Å². The van der Waals surface area contributed by atoms with Crippen LogP contribution in [0.3, 0.4) is 0 Å². The zero-order valence-corrected chi connectivity index (χ0v) is 10.6. The summed E-state index contributed by atoms with van der Waals surface area (Å²) in [6.07, 6.45) is 1.49. The molecule has 0 saturated carbocycles. The van der Waals surface area contributed by atoms with Crippen molar-refractivity contribution in [3.63, 3.8) is 0 Å². The monoisotopic (exact) mass is 269 g/mol. The first-order chi connectivity index (χ1) is 8.69. The van der Waals surface area contributed by atoms with E-state index in [9.17, 15) is 9.00 Å². The standard InChI is InChI=1S/C10H15N5O2S/c11-13-9-2-1-8(14-15-9)10(16)12-7-3-5-18(17)6-4-7/h1-2,7H,3-6,11H2,(H,12,16)(H,13,15). The Morgan fingerprint density at radius 2 is 2.06 bits per heavy atom. The van der Waals surface area contributed by atoms with Crippen molar-refractivity contribution < 1.29 is 9.00 Å². The third kappa shape index (κ3) is 3.23. The number of amides is 1. The molecule has 98 valence electrons. The lowest BCUT2D eigenvalue weighted by Gasteiger charge is -2.22. The van der Waals surface area contributed by atoms with Crippen molar-refractivity contribution in [2.75, 3.05) is 16.9 Å². The van der Waals surface area contributed by atoms with Gasteiger partial charge >= 0.3 is 0 Å². The van der Waals surface area contributed by atoms with E-state index in [4.69, 9.17) is 5.84 Å². The van der Waals surface area contributed by atoms with Crippen molar-refractivity contribution in [3.8, 4) is 0 Å². The van der Waals surface area contributed by atoms with Gasteiger partial charge in [0.25, 0.3) is 5.91 Å². The molecule has 8 heteroatoms. The van der Waals surface area contributed by atoms with Gasteiger partial charge in [0.15, 0.2) is 11.5 Å². The van der Waals surface area contributed by atoms with E-state index < -0.39 is 10.8 Å². The first-order valence-corrected chi connectivity index (χ1v) is 7.14. The van der Waals surface area contributed by atoms with Crippen LogP contribution >= 0.6 is 0 Å². The summed E-state index contributed by atoms with van der Waals surface area (Å²) in [4.78, 5) is 11.9. The van der Waals surface area contributed by atoms with Crippen molar-refractivity contribution in [1.29, 1.82) is 0 Å². The van der Waals surface area contributed by atoms with Crippen molar-refractivity contribution in [2.45, 2.75) is 18.9 Å². The van der Waals surface area contributed by atoms with Gasteiger partial charge in [-0.3, -0.25) is 9.00 Å². The fourth-order valence-corrected chi connectivity index (χ4v) is 3.03. The molecule has 0 radical (unpaired) electrons. The maximum atomic E-state index is 11.9. The highest BCUT2D eigenvalue weighted by Crippen LogP contribution is 2.10. The summed E-state index contributed by atoms with van der Waals surface area (Å²) in [6.45, 7) is 0. The average molecular weight is 269 g/mol. The molecule has 0 unspecified atom stereocenters. The Labute approximate surface area is 107 Å². The van der Waals surface area contributed by atoms with Crippen molar-refractivity contribution in [3.05, 3.63) is 17.8 Å². The summed E-state index contributed by atoms with van der Waals surface area (Å²) in [5, 5.41) is 10.4. The second kappa shape index (κ2) is 5.87. The van der Waals surface area contributed by atoms with E-state index in [1.54, 1.807) is 12.1 Å². The molecule has 0 aliphatic carbocycles. The van der Waals surface area contributed by atoms with E-state index >= 15 is 0 Å². The van der Waals surface area contributed by atoms with Crippen LogP contribution in [0.1, 0.15) is 23.3 Å². The molecule has 0 spiro atoms. The molecule has 2 rings (SSSR count). The molecule has 2 heterocycles. The van der Waals surface area contributed by atoms with Gasteiger partial charge in [0.05, 0.1) is 0 Å². The van der Waals surface area contributed by atoms with Gasteiger partial charge in [0.2, 0.25) is 0 Å². The number of hydrazine groups is 1. The van der Waals surface area contributed by atoms with Crippen molar-refractivity contribution in [1.82, 2.24) is 15.5 Å². The van der Waals surface area contributed by atoms with Crippen LogP contribution in [0.4, 0.5) is 5.82 Å². The number of nitrogen functional groups attached to an aromatic ring is 1. The smallest absolute Gasteiger partial charge is 0.272 e. The van der Waals surface area contributed by atoms with Crippen LogP contribution in [0.15, 0.2) is 12.1 Å². The number of nitrogens with two attached hydrogens (primary N) is 1. The fourth-order valence-electron chi connectivity index (χ4n) is 1.73. The Kier molecular flexibility index (Phi) is 4.21. The minimum atomic E-state index is -0.726. The predicted molar refractivity (Wildman–Crippen MR) is 68.2 cm³/mol. The van der Waals surface area contributed by atoms with Crippen molar-refractivity contribution >= 4 is 22.5 Å². The van der Waals surface area contributed by atoms with Gasteiger partial charge in [0.1, 0.15) is 0 Å². The van der Waals surface area contributed by atoms with Gasteiger partial charge in [-0.2, -0.15) is 0 Å². The predicted octanol–water partition coefficient (Wildman–Crippen LogP) is -0.597. The van der Waals surface area contributed by atoms with E-state index in [1.165, 1.54) is 0 Å². The summed E-state index contributed by atoms with van der Waals surface area (Å²) in [5.41, 5.74) is 2.59. The summed E-state index contributed by atoms with van der Waals surface area (Å²) in [6, 6.07) is 3.21. The normalized spacial score (nSPS) is 23.4. The molecular weight excluding hydrogens is 254 g/mol. The minimum absolute atomic E-state index is 0.0734. The summed E-state index contributed by atoms with van der Waals surface area (Å²) >= 11 is 0. The highest BCUT2D eigenvalue weighted by molar-refractivity contribution is 7.85. The SMILES string of the molecule is NNc1ccc(C(=O)NC2CCS(=O)CC2)nn1. The van der Waals surface area contributed by atoms with Gasteiger partial charge in [-0.25, -0.2) is 5.84 Å². The number of hydrogen-bond acceptors (Lipinski definition) is 6. The Morgan fingerprint density at radius 3 is 2.61 bits per heavy atom. The molecule has 0 bridgehead atoms. The first kappa shape index (κ1) is 12.9. The lowest BCUT2D eigenvalue weighted by molar-refractivity contribution is 0.0928. The number of rotatable bonds is 3. The van der Waals surface area contributed by atoms with Crippen LogP contribution in [-0.2, 0) is 10.8 Å². The molecule has 0 aromatic carbocycles. The van der Waals surface area contributed by atoms with Gasteiger partial charge < -0.3 is 10.7 Å². The zero-order chi connectivity index (χ0) is 13.0. The number of nitrogens with one attached hydrogen (secondary N) is 2. The van der Waals surface area contributed by atoms with E-state index in [1.807, 2.05) is 0 Å². The van der Waals surface area contributed by atoms with Gasteiger partial charge in [-0.05, 0) is 25.0 Å². The zero-order valence-electron chi connectivity index (χ0n) is 9.76. The lowest BCUT2D eigenvalue weighted by atomic mass is 10.1. The summed E-state index contributed by atoms with van der Waals surface area (Å²) in [7, 11) is -0.726. The highest BCUT2D eigenvalue weighted by atomic mass is 32.2. The van der Waals surface area contributed by atoms with E-state index in [0.717, 1.165) is 12.8 Å². The maximum Gasteiger partial charge on any atom is 0.272 e. The molecular formula is C10H15N5O2S. The fraction of sp³-hybridized carbons (Fsp3) is 0.500. The van der Waals surface area contributed by atoms with E-state index in [-0.39, 0.29) is 17.6 Å². The van der Waals surface area contributed by atoms with Crippen molar-refractivity contribution in [2.24, 2.45) is 5.84 Å². The number of carbonyl (C=O) groups excluding carboxylic acids is 1. The summed E-state index contributed by atoms with van der Waals surface area (Å²) in [5.74, 6) is 6.59. The van der Waals surface area contributed by atoms with Gasteiger partial charge in [-0.1, -0.05) is 0 Å². The number of carbonyl (C=O) groups is 1. The molecule has 7 nitrogen and oxygen atoms in total. The summed E-state index contributed by atoms with van der Waals surface area (Å²) < 4.78 is 11.2. The molecule has 1 fully saturated rings. The molecule has 1 aromatic heterocycles. The molecule has 4 N–H and O–H groups in total. The van der Waals surface area contributed by atoms with E-state index in [2.05, 4.69) is 20.9 Å². The highest BCUT2D eigenvalue weighted by Gasteiger charge is 2.20. The molecule has 1 aliphatic heterocycles. The molecule has 18 heavy (non-hydrogen) atoms. The third-order valence-corrected chi connectivity index (χ3v) is 4.15. The molecule has 0 atom stereocenters.